The van der Waals surface area contributed by atoms with E-state index in [9.17, 15) is 0 Å². The molecule has 4 nitrogen and oxygen atoms in total. The van der Waals surface area contributed by atoms with Gasteiger partial charge in [0.15, 0.2) is 5.75 Å². The van der Waals surface area contributed by atoms with Gasteiger partial charge in [0.2, 0.25) is 5.65 Å². The number of pyridine rings is 1. The summed E-state index contributed by atoms with van der Waals surface area (Å²) >= 11 is 2.03. The fourth-order valence-electron chi connectivity index (χ4n) is 2.24. The lowest BCUT2D eigenvalue weighted by molar-refractivity contribution is 0.416. The molecule has 1 saturated heterocycles. The van der Waals surface area contributed by atoms with Crippen molar-refractivity contribution in [1.82, 2.24) is 14.6 Å². The van der Waals surface area contributed by atoms with Crippen LogP contribution in [0.3, 0.4) is 0 Å². The molecule has 1 atom stereocenters. The van der Waals surface area contributed by atoms with Crippen LogP contribution in [-0.2, 0) is 6.42 Å². The number of aromatic nitrogens is 3. The van der Waals surface area contributed by atoms with Gasteiger partial charge >= 0.3 is 0 Å². The second kappa shape index (κ2) is 4.56. The maximum atomic E-state index is 5.28. The monoisotopic (exact) mass is 249 g/mol. The lowest BCUT2D eigenvalue weighted by atomic mass is 10.1. The van der Waals surface area contributed by atoms with Crippen molar-refractivity contribution in [3.05, 3.63) is 24.2 Å². The Labute approximate surface area is 104 Å². The zero-order valence-corrected chi connectivity index (χ0v) is 10.6. The highest BCUT2D eigenvalue weighted by Gasteiger charge is 2.19. The van der Waals surface area contributed by atoms with Crippen molar-refractivity contribution in [1.29, 1.82) is 0 Å². The topological polar surface area (TPSA) is 39.4 Å². The normalized spacial score (nSPS) is 19.9. The molecule has 0 amide bonds. The van der Waals surface area contributed by atoms with E-state index in [-0.39, 0.29) is 0 Å². The highest BCUT2D eigenvalue weighted by Crippen LogP contribution is 2.27. The van der Waals surface area contributed by atoms with E-state index >= 15 is 0 Å². The molecule has 3 rings (SSSR count). The quantitative estimate of drug-likeness (QED) is 0.834. The number of nitrogens with zero attached hydrogens (tertiary/aromatic N) is 3. The zero-order chi connectivity index (χ0) is 11.7. The van der Waals surface area contributed by atoms with E-state index in [1.54, 1.807) is 7.11 Å². The highest BCUT2D eigenvalue weighted by molar-refractivity contribution is 7.99. The van der Waals surface area contributed by atoms with Crippen LogP contribution in [0.1, 0.15) is 12.2 Å². The first kappa shape index (κ1) is 10.9. The Morgan fingerprint density at radius 3 is 3.24 bits per heavy atom. The van der Waals surface area contributed by atoms with Gasteiger partial charge in [0, 0.05) is 12.6 Å². The minimum absolute atomic E-state index is 0.749. The molecule has 1 fully saturated rings. The Balaban J connectivity index is 1.94. The zero-order valence-electron chi connectivity index (χ0n) is 9.80. The van der Waals surface area contributed by atoms with Crippen LogP contribution in [0.5, 0.6) is 5.75 Å². The number of rotatable bonds is 3. The minimum Gasteiger partial charge on any atom is -0.493 e. The Bertz CT molecular complexity index is 519. The molecule has 1 aliphatic heterocycles. The molecule has 5 heteroatoms. The van der Waals surface area contributed by atoms with Gasteiger partial charge in [-0.1, -0.05) is 0 Å². The molecule has 17 heavy (non-hydrogen) atoms. The smallest absolute Gasteiger partial charge is 0.203 e. The standard InChI is InChI=1S/C12H15N3OS/c1-16-10-3-2-5-15-11(13-14-12(10)15)7-9-4-6-17-8-9/h2-3,5,9H,4,6-8H2,1H3. The van der Waals surface area contributed by atoms with Crippen LogP contribution in [0.15, 0.2) is 18.3 Å². The number of thioether (sulfide) groups is 1. The third-order valence-electron chi connectivity index (χ3n) is 3.18. The number of ether oxygens (including phenoxy) is 1. The van der Waals surface area contributed by atoms with Crippen LogP contribution >= 0.6 is 11.8 Å². The van der Waals surface area contributed by atoms with Crippen molar-refractivity contribution in [2.24, 2.45) is 5.92 Å². The molecule has 2 aromatic heterocycles. The summed E-state index contributed by atoms with van der Waals surface area (Å²) < 4.78 is 7.33. The molecule has 0 aliphatic carbocycles. The van der Waals surface area contributed by atoms with E-state index in [0.717, 1.165) is 29.6 Å². The summed E-state index contributed by atoms with van der Waals surface area (Å²) in [6, 6.07) is 3.89. The molecule has 1 aliphatic rings. The van der Waals surface area contributed by atoms with Gasteiger partial charge in [-0.05, 0) is 36.0 Å². The maximum Gasteiger partial charge on any atom is 0.203 e. The fraction of sp³-hybridized carbons (Fsp3) is 0.500. The molecule has 3 heterocycles. The van der Waals surface area contributed by atoms with Crippen LogP contribution < -0.4 is 4.74 Å². The van der Waals surface area contributed by atoms with Gasteiger partial charge < -0.3 is 4.74 Å². The Morgan fingerprint density at radius 2 is 2.47 bits per heavy atom. The van der Waals surface area contributed by atoms with E-state index in [1.807, 2.05) is 34.5 Å². The van der Waals surface area contributed by atoms with Gasteiger partial charge in [0.05, 0.1) is 7.11 Å². The summed E-state index contributed by atoms with van der Waals surface area (Å²) in [4.78, 5) is 0. The molecule has 0 spiro atoms. The third-order valence-corrected chi connectivity index (χ3v) is 4.42. The van der Waals surface area contributed by atoms with Crippen LogP contribution in [0.25, 0.3) is 5.65 Å². The van der Waals surface area contributed by atoms with Gasteiger partial charge in [-0.15, -0.1) is 10.2 Å². The largest absolute Gasteiger partial charge is 0.493 e. The first-order valence-electron chi connectivity index (χ1n) is 5.83. The molecule has 0 saturated carbocycles. The van der Waals surface area contributed by atoms with Crippen molar-refractivity contribution < 1.29 is 4.74 Å². The van der Waals surface area contributed by atoms with Crippen molar-refractivity contribution in [3.63, 3.8) is 0 Å². The summed E-state index contributed by atoms with van der Waals surface area (Å²) in [5, 5.41) is 8.50. The van der Waals surface area contributed by atoms with E-state index < -0.39 is 0 Å². The van der Waals surface area contributed by atoms with E-state index in [4.69, 9.17) is 4.74 Å². The average Bonchev–Trinajstić information content (AvgIpc) is 2.99. The van der Waals surface area contributed by atoms with Crippen molar-refractivity contribution in [2.75, 3.05) is 18.6 Å². The number of hydrogen-bond donors (Lipinski definition) is 0. The summed E-state index contributed by atoms with van der Waals surface area (Å²) in [7, 11) is 1.66. The Morgan fingerprint density at radius 1 is 1.53 bits per heavy atom. The van der Waals surface area contributed by atoms with Gasteiger partial charge in [0.1, 0.15) is 5.82 Å². The molecular weight excluding hydrogens is 234 g/mol. The van der Waals surface area contributed by atoms with Gasteiger partial charge in [0.25, 0.3) is 0 Å². The summed E-state index contributed by atoms with van der Waals surface area (Å²) in [6.07, 6.45) is 4.32. The van der Waals surface area contributed by atoms with Gasteiger partial charge in [-0.25, -0.2) is 0 Å². The lowest BCUT2D eigenvalue weighted by Crippen LogP contribution is -2.06. The average molecular weight is 249 g/mol. The van der Waals surface area contributed by atoms with Crippen LogP contribution in [0.4, 0.5) is 0 Å². The molecule has 0 N–H and O–H groups in total. The molecule has 1 unspecified atom stereocenters. The first-order valence-corrected chi connectivity index (χ1v) is 6.98. The van der Waals surface area contributed by atoms with Gasteiger partial charge in [-0.3, -0.25) is 4.40 Å². The predicted octanol–water partition coefficient (Wildman–Crippen LogP) is 2.03. The molecular formula is C12H15N3OS. The third kappa shape index (κ3) is 1.99. The molecule has 0 radical (unpaired) electrons. The second-order valence-corrected chi connectivity index (χ2v) is 5.47. The van der Waals surface area contributed by atoms with Crippen LogP contribution in [0, 0.1) is 5.92 Å². The van der Waals surface area contributed by atoms with Gasteiger partial charge in [-0.2, -0.15) is 11.8 Å². The van der Waals surface area contributed by atoms with Crippen molar-refractivity contribution >= 4 is 17.4 Å². The molecule has 90 valence electrons. The summed E-state index contributed by atoms with van der Waals surface area (Å²) in [5.41, 5.74) is 0.815. The van der Waals surface area contributed by atoms with E-state index in [2.05, 4.69) is 10.2 Å². The SMILES string of the molecule is COc1cccn2c(CC3CCSC3)nnc12. The van der Waals surface area contributed by atoms with Crippen LogP contribution in [-0.4, -0.2) is 33.2 Å². The lowest BCUT2D eigenvalue weighted by Gasteiger charge is -2.06. The summed E-state index contributed by atoms with van der Waals surface area (Å²) in [5.74, 6) is 5.11. The van der Waals surface area contributed by atoms with E-state index in [1.165, 1.54) is 17.9 Å². The number of fused-ring (bicyclic) bond motifs is 1. The highest BCUT2D eigenvalue weighted by atomic mass is 32.2. The Kier molecular flexibility index (Phi) is 2.93. The predicted molar refractivity (Wildman–Crippen MR) is 68.7 cm³/mol. The molecule has 0 bridgehead atoms. The molecule has 0 aromatic carbocycles. The Hall–Kier alpha value is -1.23. The first-order chi connectivity index (χ1) is 8.38. The second-order valence-electron chi connectivity index (χ2n) is 4.32. The minimum atomic E-state index is 0.749. The van der Waals surface area contributed by atoms with E-state index in [0.29, 0.717) is 0 Å². The molecule has 2 aromatic rings. The number of hydrogen-bond acceptors (Lipinski definition) is 4. The van der Waals surface area contributed by atoms with Crippen LogP contribution in [0.2, 0.25) is 0 Å². The van der Waals surface area contributed by atoms with Crippen molar-refractivity contribution in [2.45, 2.75) is 12.8 Å². The summed E-state index contributed by atoms with van der Waals surface area (Å²) in [6.45, 7) is 0. The number of methoxy groups -OCH3 is 1. The maximum absolute atomic E-state index is 5.28. The fourth-order valence-corrected chi connectivity index (χ4v) is 3.52. The van der Waals surface area contributed by atoms with Crippen molar-refractivity contribution in [3.8, 4) is 5.75 Å².